The van der Waals surface area contributed by atoms with Crippen LogP contribution in [0.15, 0.2) is 30.6 Å². The molecule has 2 aromatic rings. The minimum absolute atomic E-state index is 0.386. The number of aryl methyl sites for hydroxylation is 2. The quantitative estimate of drug-likeness (QED) is 0.877. The molecule has 0 aliphatic heterocycles. The molecule has 1 aromatic carbocycles. The van der Waals surface area contributed by atoms with Gasteiger partial charge in [-0.3, -0.25) is 4.98 Å². The molecule has 1 aromatic heterocycles. The summed E-state index contributed by atoms with van der Waals surface area (Å²) in [5.74, 6) is 1.29. The fourth-order valence-electron chi connectivity index (χ4n) is 1.43. The molecule has 0 radical (unpaired) electrons. The lowest BCUT2D eigenvalue weighted by atomic mass is 10.1. The van der Waals surface area contributed by atoms with Gasteiger partial charge >= 0.3 is 0 Å². The third kappa shape index (κ3) is 2.79. The number of ether oxygens (including phenoxy) is 1. The molecule has 0 saturated carbocycles. The zero-order valence-corrected chi connectivity index (χ0v) is 9.97. The molecule has 0 aliphatic carbocycles. The Morgan fingerprint density at radius 2 is 2.00 bits per heavy atom. The molecule has 1 heterocycles. The van der Waals surface area contributed by atoms with Crippen LogP contribution in [-0.4, -0.2) is 9.97 Å². The summed E-state index contributed by atoms with van der Waals surface area (Å²) in [6.07, 6.45) is 3.21. The molecule has 0 bridgehead atoms. The fraction of sp³-hybridized carbons (Fsp3) is 0.231. The number of nitrogens with two attached hydrogens (primary N) is 1. The number of hydrogen-bond acceptors (Lipinski definition) is 4. The first-order chi connectivity index (χ1) is 8.19. The average molecular weight is 229 g/mol. The molecule has 0 amide bonds. The lowest BCUT2D eigenvalue weighted by Crippen LogP contribution is -2.00. The van der Waals surface area contributed by atoms with Crippen molar-refractivity contribution in [1.82, 2.24) is 9.97 Å². The highest BCUT2D eigenvalue weighted by atomic mass is 16.5. The summed E-state index contributed by atoms with van der Waals surface area (Å²) < 4.78 is 5.68. The van der Waals surface area contributed by atoms with Crippen LogP contribution in [0.25, 0.3) is 0 Å². The Hall–Kier alpha value is -1.94. The number of hydrogen-bond donors (Lipinski definition) is 1. The van der Waals surface area contributed by atoms with E-state index in [1.165, 1.54) is 0 Å². The van der Waals surface area contributed by atoms with Gasteiger partial charge in [-0.2, -0.15) is 0 Å². The summed E-state index contributed by atoms with van der Waals surface area (Å²) in [5, 5.41) is 0. The monoisotopic (exact) mass is 229 g/mol. The highest BCUT2D eigenvalue weighted by molar-refractivity contribution is 5.38. The lowest BCUT2D eigenvalue weighted by Gasteiger charge is -2.08. The van der Waals surface area contributed by atoms with Gasteiger partial charge in [0.2, 0.25) is 5.88 Å². The van der Waals surface area contributed by atoms with Crippen molar-refractivity contribution in [2.24, 2.45) is 5.73 Å². The van der Waals surface area contributed by atoms with Gasteiger partial charge in [-0.25, -0.2) is 4.98 Å². The van der Waals surface area contributed by atoms with E-state index < -0.39 is 0 Å². The van der Waals surface area contributed by atoms with Crippen molar-refractivity contribution in [3.63, 3.8) is 0 Å². The number of rotatable bonds is 3. The molecule has 0 atom stereocenters. The molecular weight excluding hydrogens is 214 g/mol. The Morgan fingerprint density at radius 3 is 2.65 bits per heavy atom. The van der Waals surface area contributed by atoms with Gasteiger partial charge in [0, 0.05) is 6.54 Å². The largest absolute Gasteiger partial charge is 0.437 e. The van der Waals surface area contributed by atoms with Crippen LogP contribution in [0.5, 0.6) is 11.6 Å². The van der Waals surface area contributed by atoms with Crippen LogP contribution < -0.4 is 10.5 Å². The second-order valence-electron chi connectivity index (χ2n) is 3.92. The fourth-order valence-corrected chi connectivity index (χ4v) is 1.43. The number of nitrogens with zero attached hydrogens (tertiary/aromatic N) is 2. The summed E-state index contributed by atoms with van der Waals surface area (Å²) in [7, 11) is 0. The number of aromatic nitrogens is 2. The van der Waals surface area contributed by atoms with E-state index >= 15 is 0 Å². The van der Waals surface area contributed by atoms with E-state index in [1.807, 2.05) is 32.0 Å². The van der Waals surface area contributed by atoms with Crippen molar-refractivity contribution < 1.29 is 4.74 Å². The second kappa shape index (κ2) is 4.93. The first-order valence-corrected chi connectivity index (χ1v) is 5.45. The minimum Gasteiger partial charge on any atom is -0.437 e. The highest BCUT2D eigenvalue weighted by Gasteiger charge is 2.03. The predicted molar refractivity (Wildman–Crippen MR) is 65.9 cm³/mol. The molecular formula is C13H15N3O. The maximum atomic E-state index is 5.68. The third-order valence-corrected chi connectivity index (χ3v) is 2.45. The summed E-state index contributed by atoms with van der Waals surface area (Å²) in [6, 6.07) is 6.05. The van der Waals surface area contributed by atoms with Crippen LogP contribution in [0.3, 0.4) is 0 Å². The van der Waals surface area contributed by atoms with Gasteiger partial charge in [-0.05, 0) is 31.0 Å². The molecule has 88 valence electrons. The van der Waals surface area contributed by atoms with Crippen LogP contribution in [0.4, 0.5) is 0 Å². The number of benzene rings is 1. The second-order valence-corrected chi connectivity index (χ2v) is 3.92. The van der Waals surface area contributed by atoms with E-state index in [4.69, 9.17) is 10.5 Å². The smallest absolute Gasteiger partial charge is 0.237 e. The van der Waals surface area contributed by atoms with E-state index in [0.29, 0.717) is 12.4 Å². The van der Waals surface area contributed by atoms with Crippen molar-refractivity contribution in [3.05, 3.63) is 47.4 Å². The van der Waals surface area contributed by atoms with Gasteiger partial charge in [0.1, 0.15) is 5.75 Å². The SMILES string of the molecule is Cc1ccc(C)c(Oc2cnc(CN)cn2)c1. The molecule has 4 nitrogen and oxygen atoms in total. The molecule has 0 spiro atoms. The van der Waals surface area contributed by atoms with Gasteiger partial charge in [-0.1, -0.05) is 12.1 Å². The van der Waals surface area contributed by atoms with E-state index in [2.05, 4.69) is 9.97 Å². The molecule has 0 fully saturated rings. The highest BCUT2D eigenvalue weighted by Crippen LogP contribution is 2.24. The van der Waals surface area contributed by atoms with Crippen LogP contribution in [-0.2, 0) is 6.54 Å². The van der Waals surface area contributed by atoms with Gasteiger partial charge in [-0.15, -0.1) is 0 Å². The molecule has 2 rings (SSSR count). The van der Waals surface area contributed by atoms with Gasteiger partial charge < -0.3 is 10.5 Å². The van der Waals surface area contributed by atoms with Crippen molar-refractivity contribution in [2.45, 2.75) is 20.4 Å². The predicted octanol–water partition coefficient (Wildman–Crippen LogP) is 2.34. The van der Waals surface area contributed by atoms with Crippen molar-refractivity contribution in [1.29, 1.82) is 0 Å². The summed E-state index contributed by atoms with van der Waals surface area (Å²) in [6.45, 7) is 4.41. The summed E-state index contributed by atoms with van der Waals surface area (Å²) in [5.41, 5.74) is 8.42. The zero-order chi connectivity index (χ0) is 12.3. The summed E-state index contributed by atoms with van der Waals surface area (Å²) in [4.78, 5) is 8.28. The van der Waals surface area contributed by atoms with Crippen LogP contribution in [0, 0.1) is 13.8 Å². The summed E-state index contributed by atoms with van der Waals surface area (Å²) >= 11 is 0. The lowest BCUT2D eigenvalue weighted by molar-refractivity contribution is 0.455. The average Bonchev–Trinajstić information content (AvgIpc) is 2.35. The van der Waals surface area contributed by atoms with E-state index in [0.717, 1.165) is 22.6 Å². The molecule has 17 heavy (non-hydrogen) atoms. The maximum Gasteiger partial charge on any atom is 0.237 e. The molecule has 0 aliphatic rings. The Labute approximate surface area is 100 Å². The first kappa shape index (κ1) is 11.5. The maximum absolute atomic E-state index is 5.68. The Balaban J connectivity index is 2.22. The van der Waals surface area contributed by atoms with Crippen molar-refractivity contribution >= 4 is 0 Å². The minimum atomic E-state index is 0.386. The zero-order valence-electron chi connectivity index (χ0n) is 9.97. The standard InChI is InChI=1S/C13H15N3O/c1-9-3-4-10(2)12(5-9)17-13-8-15-11(6-14)7-16-13/h3-5,7-8H,6,14H2,1-2H3. The van der Waals surface area contributed by atoms with E-state index in [1.54, 1.807) is 12.4 Å². The Kier molecular flexibility index (Phi) is 3.35. The topological polar surface area (TPSA) is 61.0 Å². The van der Waals surface area contributed by atoms with E-state index in [9.17, 15) is 0 Å². The van der Waals surface area contributed by atoms with Crippen LogP contribution >= 0.6 is 0 Å². The van der Waals surface area contributed by atoms with E-state index in [-0.39, 0.29) is 0 Å². The Bertz CT molecular complexity index is 509. The van der Waals surface area contributed by atoms with Crippen molar-refractivity contribution in [3.8, 4) is 11.6 Å². The van der Waals surface area contributed by atoms with Gasteiger partial charge in [0.15, 0.2) is 0 Å². The van der Waals surface area contributed by atoms with Gasteiger partial charge in [0.05, 0.1) is 18.1 Å². The third-order valence-electron chi connectivity index (χ3n) is 2.45. The molecule has 0 saturated heterocycles. The van der Waals surface area contributed by atoms with Gasteiger partial charge in [0.25, 0.3) is 0 Å². The molecule has 2 N–H and O–H groups in total. The van der Waals surface area contributed by atoms with Crippen LogP contribution in [0.2, 0.25) is 0 Å². The van der Waals surface area contributed by atoms with Crippen molar-refractivity contribution in [2.75, 3.05) is 0 Å². The Morgan fingerprint density at radius 1 is 1.18 bits per heavy atom. The van der Waals surface area contributed by atoms with Crippen LogP contribution in [0.1, 0.15) is 16.8 Å². The first-order valence-electron chi connectivity index (χ1n) is 5.45. The normalized spacial score (nSPS) is 10.3. The molecule has 4 heteroatoms. The molecule has 0 unspecified atom stereocenters.